The van der Waals surface area contributed by atoms with E-state index in [4.69, 9.17) is 27.6 Å². The van der Waals surface area contributed by atoms with E-state index in [2.05, 4.69) is 42.9 Å². The first-order valence-corrected chi connectivity index (χ1v) is 17.3. The number of hydroxylamine groups is 2. The molecule has 4 fully saturated rings. The number of nitrogens with one attached hydrogen (secondary N) is 2. The van der Waals surface area contributed by atoms with E-state index in [0.717, 1.165) is 68.3 Å². The Balaban J connectivity index is 1.19. The molecule has 0 unspecified atom stereocenters. The lowest BCUT2D eigenvalue weighted by atomic mass is 9.91. The minimum Gasteiger partial charge on any atom is -0.494 e. The summed E-state index contributed by atoms with van der Waals surface area (Å²) in [5, 5.41) is 4.67. The Labute approximate surface area is 289 Å². The second kappa shape index (κ2) is 15.8. The molecule has 3 heterocycles. The van der Waals surface area contributed by atoms with Crippen molar-refractivity contribution < 1.29 is 14.4 Å². The van der Waals surface area contributed by atoms with Gasteiger partial charge in [0, 0.05) is 75.5 Å². The van der Waals surface area contributed by atoms with Crippen LogP contribution in [-0.2, 0) is 9.63 Å². The SMILES string of the molecule is C#Cc1cccc([C@H]2CCON2/C(=C/C(N)=Nc2cc(NC(=O)C=C)c(N3CCC(N4CCN(C5CCC5)CC4)CC3)cc2OC)NN)c1. The van der Waals surface area contributed by atoms with Gasteiger partial charge in [-0.3, -0.25) is 19.4 Å². The first kappa shape index (κ1) is 34.3. The summed E-state index contributed by atoms with van der Waals surface area (Å²) in [5.74, 6) is 9.44. The summed E-state index contributed by atoms with van der Waals surface area (Å²) in [6.45, 7) is 10.5. The number of nitrogens with two attached hydrogens (primary N) is 2. The number of benzene rings is 2. The van der Waals surface area contributed by atoms with Gasteiger partial charge in [0.15, 0.2) is 0 Å². The van der Waals surface area contributed by atoms with Crippen molar-refractivity contribution in [1.82, 2.24) is 20.3 Å². The smallest absolute Gasteiger partial charge is 0.247 e. The molecule has 6 rings (SSSR count). The molecule has 4 aliphatic rings. The second-order valence-electron chi connectivity index (χ2n) is 13.1. The molecule has 0 spiro atoms. The monoisotopic (exact) mass is 667 g/mol. The molecule has 260 valence electrons. The number of carbonyl (C=O) groups is 1. The quantitative estimate of drug-likeness (QED) is 0.0703. The molecular weight excluding hydrogens is 618 g/mol. The number of carbonyl (C=O) groups excluding carboxylic acids is 1. The van der Waals surface area contributed by atoms with Crippen molar-refractivity contribution in [2.24, 2.45) is 16.6 Å². The third kappa shape index (κ3) is 7.86. The molecule has 3 saturated heterocycles. The van der Waals surface area contributed by atoms with Gasteiger partial charge in [-0.1, -0.05) is 31.1 Å². The number of piperidine rings is 1. The number of aliphatic imine (C=N–C) groups is 1. The van der Waals surface area contributed by atoms with E-state index in [1.54, 1.807) is 24.3 Å². The lowest BCUT2D eigenvalue weighted by Crippen LogP contribution is -2.56. The molecule has 0 aromatic heterocycles. The summed E-state index contributed by atoms with van der Waals surface area (Å²) in [6, 6.07) is 12.7. The first-order valence-electron chi connectivity index (χ1n) is 17.3. The van der Waals surface area contributed by atoms with Gasteiger partial charge in [0.05, 0.1) is 31.1 Å². The van der Waals surface area contributed by atoms with Crippen LogP contribution in [0.25, 0.3) is 0 Å². The number of anilines is 2. The number of terminal acetylenes is 1. The van der Waals surface area contributed by atoms with Crippen molar-refractivity contribution in [2.45, 2.75) is 56.7 Å². The Morgan fingerprint density at radius 1 is 1.06 bits per heavy atom. The Kier molecular flexibility index (Phi) is 11.1. The van der Waals surface area contributed by atoms with Gasteiger partial charge in [-0.25, -0.2) is 15.9 Å². The minimum atomic E-state index is -0.311. The number of piperazine rings is 1. The van der Waals surface area contributed by atoms with Gasteiger partial charge in [-0.2, -0.15) is 0 Å². The van der Waals surface area contributed by atoms with E-state index in [9.17, 15) is 4.79 Å². The Morgan fingerprint density at radius 3 is 2.39 bits per heavy atom. The zero-order valence-electron chi connectivity index (χ0n) is 28.4. The van der Waals surface area contributed by atoms with E-state index >= 15 is 0 Å². The molecule has 1 saturated carbocycles. The molecule has 3 aliphatic heterocycles. The third-order valence-corrected chi connectivity index (χ3v) is 10.3. The van der Waals surface area contributed by atoms with Crippen LogP contribution in [-0.4, -0.2) is 91.7 Å². The number of methoxy groups -OCH3 is 1. The molecule has 12 nitrogen and oxygen atoms in total. The fraction of sp³-hybridized carbons (Fsp3) is 0.459. The number of nitrogens with zero attached hydrogens (tertiary/aromatic N) is 5. The van der Waals surface area contributed by atoms with Crippen LogP contribution >= 0.6 is 0 Å². The predicted molar refractivity (Wildman–Crippen MR) is 194 cm³/mol. The first-order chi connectivity index (χ1) is 23.9. The van der Waals surface area contributed by atoms with Crippen LogP contribution in [0.15, 0.2) is 65.9 Å². The summed E-state index contributed by atoms with van der Waals surface area (Å²) >= 11 is 0. The normalized spacial score (nSPS) is 21.6. The number of amides is 1. The fourth-order valence-corrected chi connectivity index (χ4v) is 7.37. The predicted octanol–water partition coefficient (Wildman–Crippen LogP) is 3.61. The van der Waals surface area contributed by atoms with Crippen LogP contribution in [0.2, 0.25) is 0 Å². The van der Waals surface area contributed by atoms with Crippen LogP contribution in [0.1, 0.15) is 55.7 Å². The average Bonchev–Trinajstić information content (AvgIpc) is 3.60. The molecule has 0 bridgehead atoms. The van der Waals surface area contributed by atoms with Crippen molar-refractivity contribution in [2.75, 3.05) is 63.2 Å². The number of rotatable bonds is 11. The van der Waals surface area contributed by atoms with Gasteiger partial charge in [-0.05, 0) is 55.5 Å². The highest BCUT2D eigenvalue weighted by Crippen LogP contribution is 2.40. The van der Waals surface area contributed by atoms with Gasteiger partial charge in [0.25, 0.3) is 0 Å². The maximum absolute atomic E-state index is 12.6. The number of ether oxygens (including phenoxy) is 1. The molecule has 0 radical (unpaired) electrons. The lowest BCUT2D eigenvalue weighted by molar-refractivity contribution is -0.111. The van der Waals surface area contributed by atoms with Gasteiger partial charge in [-0.15, -0.1) is 6.42 Å². The van der Waals surface area contributed by atoms with Gasteiger partial charge < -0.3 is 26.1 Å². The van der Waals surface area contributed by atoms with Gasteiger partial charge in [0.2, 0.25) is 5.91 Å². The molecule has 1 atom stereocenters. The standard InChI is InChI=1S/C37H49N9O3/c1-4-26-8-6-9-27(22-26)32-14-21-49-46(32)36(42-39)25-35(38)40-31-23-30(41-37(47)5-2)33(24-34(31)48-3)45-15-12-29(13-16-45)44-19-17-43(18-20-44)28-10-7-11-28/h1,5-6,8-9,22-25,28-29,32,42H,2,7,10-21,39H2,3H3,(H2,38,40)(H,41,47)/b36-25+/t32-/m1/s1. The maximum Gasteiger partial charge on any atom is 0.247 e. The molecule has 12 heteroatoms. The number of hydrazine groups is 1. The zero-order valence-corrected chi connectivity index (χ0v) is 28.4. The Morgan fingerprint density at radius 2 is 1.78 bits per heavy atom. The van der Waals surface area contributed by atoms with E-state index in [1.807, 2.05) is 30.3 Å². The Bertz CT molecular complexity index is 1600. The van der Waals surface area contributed by atoms with Crippen molar-refractivity contribution in [3.8, 4) is 18.1 Å². The summed E-state index contributed by atoms with van der Waals surface area (Å²) in [4.78, 5) is 30.9. The largest absolute Gasteiger partial charge is 0.494 e. The molecule has 2 aromatic carbocycles. The highest BCUT2D eigenvalue weighted by molar-refractivity contribution is 6.02. The fourth-order valence-electron chi connectivity index (χ4n) is 7.37. The second-order valence-corrected chi connectivity index (χ2v) is 13.1. The molecule has 6 N–H and O–H groups in total. The zero-order chi connectivity index (χ0) is 34.3. The molecule has 1 aliphatic carbocycles. The van der Waals surface area contributed by atoms with E-state index < -0.39 is 0 Å². The van der Waals surface area contributed by atoms with Crippen LogP contribution in [0.4, 0.5) is 17.1 Å². The summed E-state index contributed by atoms with van der Waals surface area (Å²) in [5.41, 5.74) is 12.9. The maximum atomic E-state index is 12.6. The lowest BCUT2D eigenvalue weighted by Gasteiger charge is -2.46. The van der Waals surface area contributed by atoms with Gasteiger partial charge in [0.1, 0.15) is 23.1 Å². The van der Waals surface area contributed by atoms with Crippen LogP contribution in [0, 0.1) is 12.3 Å². The van der Waals surface area contributed by atoms with Crippen molar-refractivity contribution >= 4 is 28.8 Å². The average molecular weight is 668 g/mol. The van der Waals surface area contributed by atoms with Gasteiger partial charge >= 0.3 is 0 Å². The number of hydrogen-bond acceptors (Lipinski definition) is 10. The number of hydrogen-bond donors (Lipinski definition) is 4. The number of amidine groups is 1. The van der Waals surface area contributed by atoms with Crippen molar-refractivity contribution in [3.63, 3.8) is 0 Å². The van der Waals surface area contributed by atoms with Crippen LogP contribution < -0.4 is 32.0 Å². The molecule has 2 aromatic rings. The highest BCUT2D eigenvalue weighted by Gasteiger charge is 2.33. The molecule has 1 amide bonds. The Hall–Kier alpha value is -4.54. The topological polar surface area (TPSA) is 137 Å². The summed E-state index contributed by atoms with van der Waals surface area (Å²) in [7, 11) is 1.60. The molecule has 49 heavy (non-hydrogen) atoms. The van der Waals surface area contributed by atoms with Crippen LogP contribution in [0.3, 0.4) is 0 Å². The van der Waals surface area contributed by atoms with E-state index in [1.165, 1.54) is 38.4 Å². The third-order valence-electron chi connectivity index (χ3n) is 10.3. The van der Waals surface area contributed by atoms with E-state index in [0.29, 0.717) is 35.6 Å². The van der Waals surface area contributed by atoms with E-state index in [-0.39, 0.29) is 17.8 Å². The summed E-state index contributed by atoms with van der Waals surface area (Å²) < 4.78 is 5.80. The van der Waals surface area contributed by atoms with Crippen LogP contribution in [0.5, 0.6) is 5.75 Å². The van der Waals surface area contributed by atoms with Crippen molar-refractivity contribution in [1.29, 1.82) is 0 Å². The highest BCUT2D eigenvalue weighted by atomic mass is 16.7. The summed E-state index contributed by atoms with van der Waals surface area (Å²) in [6.07, 6.45) is 15.5. The minimum absolute atomic E-state index is 0.126. The molecular formula is C37H49N9O3. The van der Waals surface area contributed by atoms with Crippen molar-refractivity contribution in [3.05, 3.63) is 72.1 Å².